The summed E-state index contributed by atoms with van der Waals surface area (Å²) in [6, 6.07) is 1.13. The summed E-state index contributed by atoms with van der Waals surface area (Å²) < 4.78 is 1.23. The molecule has 1 aliphatic carbocycles. The van der Waals surface area contributed by atoms with Crippen LogP contribution in [-0.2, 0) is 6.54 Å². The molecule has 2 rings (SSSR count). The molecule has 1 aliphatic rings. The van der Waals surface area contributed by atoms with E-state index in [0.717, 1.165) is 19.4 Å². The summed E-state index contributed by atoms with van der Waals surface area (Å²) >= 11 is 5.30. The minimum Gasteiger partial charge on any atom is -0.328 e. The first-order valence-electron chi connectivity index (χ1n) is 4.83. The zero-order chi connectivity index (χ0) is 10.1. The van der Waals surface area contributed by atoms with E-state index >= 15 is 0 Å². The van der Waals surface area contributed by atoms with Gasteiger partial charge in [0.25, 0.3) is 0 Å². The maximum absolute atomic E-state index is 5.78. The van der Waals surface area contributed by atoms with Crippen molar-refractivity contribution in [3.63, 3.8) is 0 Å². The highest BCUT2D eigenvalue weighted by molar-refractivity contribution is 9.10. The standard InChI is InChI=1S/C10H15BrN2S/c1-13(9-2-8(12)3-9)4-7-5-14-6-10(7)11/h5-6,8-9H,2-4,12H2,1H3. The SMILES string of the molecule is CN(Cc1cscc1Br)C1CC(N)C1. The first-order valence-corrected chi connectivity index (χ1v) is 6.57. The normalized spacial score (nSPS) is 26.6. The zero-order valence-corrected chi connectivity index (χ0v) is 10.6. The Kier molecular flexibility index (Phi) is 3.27. The van der Waals surface area contributed by atoms with Gasteiger partial charge in [-0.2, -0.15) is 11.3 Å². The molecule has 14 heavy (non-hydrogen) atoms. The molecule has 0 radical (unpaired) electrons. The number of thiophene rings is 1. The summed E-state index contributed by atoms with van der Waals surface area (Å²) in [7, 11) is 2.18. The lowest BCUT2D eigenvalue weighted by Gasteiger charge is -2.39. The number of nitrogens with two attached hydrogens (primary N) is 1. The lowest BCUT2D eigenvalue weighted by atomic mass is 9.86. The molecule has 2 N–H and O–H groups in total. The van der Waals surface area contributed by atoms with E-state index in [4.69, 9.17) is 5.73 Å². The molecular formula is C10H15BrN2S. The van der Waals surface area contributed by atoms with E-state index in [0.29, 0.717) is 12.1 Å². The molecule has 1 aromatic rings. The lowest BCUT2D eigenvalue weighted by Crippen LogP contribution is -2.48. The van der Waals surface area contributed by atoms with Crippen LogP contribution in [0.15, 0.2) is 15.2 Å². The quantitative estimate of drug-likeness (QED) is 0.918. The van der Waals surface area contributed by atoms with Crippen molar-refractivity contribution >= 4 is 27.3 Å². The third-order valence-corrected chi connectivity index (χ3v) is 4.71. The van der Waals surface area contributed by atoms with Gasteiger partial charge in [-0.15, -0.1) is 0 Å². The van der Waals surface area contributed by atoms with Gasteiger partial charge in [0.2, 0.25) is 0 Å². The van der Waals surface area contributed by atoms with E-state index in [-0.39, 0.29) is 0 Å². The van der Waals surface area contributed by atoms with Crippen LogP contribution in [0.3, 0.4) is 0 Å². The first kappa shape index (κ1) is 10.6. The van der Waals surface area contributed by atoms with Gasteiger partial charge in [-0.25, -0.2) is 0 Å². The van der Waals surface area contributed by atoms with Gasteiger partial charge in [-0.1, -0.05) is 0 Å². The Labute approximate surface area is 97.2 Å². The Balaban J connectivity index is 1.89. The van der Waals surface area contributed by atoms with E-state index in [1.807, 2.05) is 0 Å². The minimum atomic E-state index is 0.438. The Morgan fingerprint density at radius 2 is 2.29 bits per heavy atom. The summed E-state index contributed by atoms with van der Waals surface area (Å²) in [6.07, 6.45) is 2.30. The van der Waals surface area contributed by atoms with Crippen LogP contribution >= 0.6 is 27.3 Å². The number of hydrogen-bond donors (Lipinski definition) is 1. The van der Waals surface area contributed by atoms with Gasteiger partial charge in [-0.05, 0) is 46.8 Å². The van der Waals surface area contributed by atoms with Crippen LogP contribution in [0.1, 0.15) is 18.4 Å². The second kappa shape index (κ2) is 4.31. The molecule has 0 spiro atoms. The van der Waals surface area contributed by atoms with Crippen molar-refractivity contribution in [1.29, 1.82) is 0 Å². The fourth-order valence-electron chi connectivity index (χ4n) is 1.81. The number of halogens is 1. The molecule has 4 heteroatoms. The third-order valence-electron chi connectivity index (χ3n) is 2.88. The van der Waals surface area contributed by atoms with Crippen LogP contribution in [0.5, 0.6) is 0 Å². The number of hydrogen-bond acceptors (Lipinski definition) is 3. The molecule has 1 fully saturated rings. The Bertz CT molecular complexity index is 307. The summed E-state index contributed by atoms with van der Waals surface area (Å²) in [4.78, 5) is 2.40. The predicted molar refractivity (Wildman–Crippen MR) is 64.5 cm³/mol. The monoisotopic (exact) mass is 274 g/mol. The van der Waals surface area contributed by atoms with Crippen molar-refractivity contribution in [2.24, 2.45) is 5.73 Å². The fourth-order valence-corrected chi connectivity index (χ4v) is 3.23. The molecule has 2 nitrogen and oxygen atoms in total. The van der Waals surface area contributed by atoms with E-state index in [1.54, 1.807) is 11.3 Å². The molecular weight excluding hydrogens is 260 g/mol. The van der Waals surface area contributed by atoms with E-state index < -0.39 is 0 Å². The lowest BCUT2D eigenvalue weighted by molar-refractivity contribution is 0.132. The van der Waals surface area contributed by atoms with Crippen LogP contribution in [0.25, 0.3) is 0 Å². The van der Waals surface area contributed by atoms with E-state index in [2.05, 4.69) is 38.6 Å². The van der Waals surface area contributed by atoms with Crippen LogP contribution in [-0.4, -0.2) is 24.0 Å². The Morgan fingerprint density at radius 3 is 2.79 bits per heavy atom. The van der Waals surface area contributed by atoms with Crippen LogP contribution < -0.4 is 5.73 Å². The summed E-state index contributed by atoms with van der Waals surface area (Å²) in [5, 5.41) is 4.34. The van der Waals surface area contributed by atoms with Crippen molar-refractivity contribution < 1.29 is 0 Å². The number of rotatable bonds is 3. The predicted octanol–water partition coefficient (Wildman–Crippen LogP) is 2.43. The maximum Gasteiger partial charge on any atom is 0.0327 e. The van der Waals surface area contributed by atoms with Gasteiger partial charge < -0.3 is 5.73 Å². The largest absolute Gasteiger partial charge is 0.328 e. The van der Waals surface area contributed by atoms with Gasteiger partial charge in [0.1, 0.15) is 0 Å². The average molecular weight is 275 g/mol. The zero-order valence-electron chi connectivity index (χ0n) is 8.24. The summed E-state index contributed by atoms with van der Waals surface area (Å²) in [5.41, 5.74) is 7.16. The molecule has 0 amide bonds. The highest BCUT2D eigenvalue weighted by atomic mass is 79.9. The highest BCUT2D eigenvalue weighted by Crippen LogP contribution is 2.27. The molecule has 1 saturated carbocycles. The van der Waals surface area contributed by atoms with Gasteiger partial charge in [-0.3, -0.25) is 4.90 Å². The number of nitrogens with zero attached hydrogens (tertiary/aromatic N) is 1. The van der Waals surface area contributed by atoms with Gasteiger partial charge in [0, 0.05) is 28.5 Å². The van der Waals surface area contributed by atoms with E-state index in [9.17, 15) is 0 Å². The second-order valence-electron chi connectivity index (χ2n) is 4.05. The molecule has 1 aromatic heterocycles. The van der Waals surface area contributed by atoms with Gasteiger partial charge >= 0.3 is 0 Å². The first-order chi connectivity index (χ1) is 6.66. The molecule has 0 bridgehead atoms. The van der Waals surface area contributed by atoms with Crippen LogP contribution in [0.2, 0.25) is 0 Å². The van der Waals surface area contributed by atoms with Gasteiger partial charge in [0.05, 0.1) is 0 Å². The molecule has 1 heterocycles. The Morgan fingerprint density at radius 1 is 1.57 bits per heavy atom. The van der Waals surface area contributed by atoms with Crippen LogP contribution in [0.4, 0.5) is 0 Å². The van der Waals surface area contributed by atoms with E-state index in [1.165, 1.54) is 10.0 Å². The molecule has 0 aliphatic heterocycles. The summed E-state index contributed by atoms with van der Waals surface area (Å²) in [5.74, 6) is 0. The second-order valence-corrected chi connectivity index (χ2v) is 5.64. The average Bonchev–Trinajstić information content (AvgIpc) is 2.46. The third kappa shape index (κ3) is 2.19. The highest BCUT2D eigenvalue weighted by Gasteiger charge is 2.29. The van der Waals surface area contributed by atoms with Crippen molar-refractivity contribution in [2.45, 2.75) is 31.5 Å². The van der Waals surface area contributed by atoms with Crippen molar-refractivity contribution in [3.8, 4) is 0 Å². The molecule has 0 unspecified atom stereocenters. The smallest absolute Gasteiger partial charge is 0.0327 e. The maximum atomic E-state index is 5.78. The van der Waals surface area contributed by atoms with Crippen molar-refractivity contribution in [1.82, 2.24) is 4.90 Å². The van der Waals surface area contributed by atoms with Crippen molar-refractivity contribution in [3.05, 3.63) is 20.8 Å². The molecule has 78 valence electrons. The minimum absolute atomic E-state index is 0.438. The van der Waals surface area contributed by atoms with Crippen molar-refractivity contribution in [2.75, 3.05) is 7.05 Å². The van der Waals surface area contributed by atoms with Gasteiger partial charge in [0.15, 0.2) is 0 Å². The molecule has 0 aromatic carbocycles. The molecule has 0 atom stereocenters. The molecule has 0 saturated heterocycles. The Hall–Kier alpha value is 0.1000. The van der Waals surface area contributed by atoms with Crippen LogP contribution in [0, 0.1) is 0 Å². The fraction of sp³-hybridized carbons (Fsp3) is 0.600. The summed E-state index contributed by atoms with van der Waals surface area (Å²) in [6.45, 7) is 1.03. The topological polar surface area (TPSA) is 29.3 Å².